The van der Waals surface area contributed by atoms with Crippen molar-refractivity contribution in [3.05, 3.63) is 0 Å². The van der Waals surface area contributed by atoms with Crippen LogP contribution in [0.2, 0.25) is 0 Å². The van der Waals surface area contributed by atoms with Crippen molar-refractivity contribution in [2.75, 3.05) is 0 Å². The first-order chi connectivity index (χ1) is 4.41. The van der Waals surface area contributed by atoms with Crippen LogP contribution in [0.3, 0.4) is 0 Å². The number of hydrogen-bond donors (Lipinski definition) is 0. The predicted molar refractivity (Wildman–Crippen MR) is 34.2 cm³/mol. The molecule has 1 aliphatic heterocycles. The third-order valence-corrected chi connectivity index (χ3v) is 3.26. The van der Waals surface area contributed by atoms with Gasteiger partial charge in [0.05, 0.1) is 11.7 Å². The summed E-state index contributed by atoms with van der Waals surface area (Å²) in [4.78, 5) is 0. The first kappa shape index (κ1) is 4.73. The molecule has 0 bridgehead atoms. The van der Waals surface area contributed by atoms with Gasteiger partial charge in [-0.1, -0.05) is 6.42 Å². The summed E-state index contributed by atoms with van der Waals surface area (Å²) in [6.07, 6.45) is 7.68. The van der Waals surface area contributed by atoms with Gasteiger partial charge in [-0.25, -0.2) is 0 Å². The van der Waals surface area contributed by atoms with Gasteiger partial charge in [0.15, 0.2) is 0 Å². The molecule has 50 valence electrons. The van der Waals surface area contributed by atoms with Gasteiger partial charge in [0.1, 0.15) is 0 Å². The molecule has 3 fully saturated rings. The lowest BCUT2D eigenvalue weighted by Gasteiger charge is -2.41. The maximum Gasteiger partial charge on any atom is 0.0741 e. The summed E-state index contributed by atoms with van der Waals surface area (Å²) >= 11 is 0. The van der Waals surface area contributed by atoms with Gasteiger partial charge < -0.3 is 4.74 Å². The third kappa shape index (κ3) is 0.420. The van der Waals surface area contributed by atoms with Crippen molar-refractivity contribution in [2.45, 2.75) is 43.8 Å². The lowest BCUT2D eigenvalue weighted by Crippen LogP contribution is -2.47. The smallest absolute Gasteiger partial charge is 0.0741 e. The minimum absolute atomic E-state index is 0.473. The Kier molecular flexibility index (Phi) is 0.628. The molecule has 3 rings (SSSR count). The van der Waals surface area contributed by atoms with E-state index >= 15 is 0 Å². The molecular weight excluding hydrogens is 112 g/mol. The molecule has 1 heterocycles. The second-order valence-electron chi connectivity index (χ2n) is 3.76. The fraction of sp³-hybridized carbons (Fsp3) is 1.00. The Morgan fingerprint density at radius 1 is 1.22 bits per heavy atom. The Balaban J connectivity index is 1.87. The van der Waals surface area contributed by atoms with Gasteiger partial charge in [0.2, 0.25) is 0 Å². The lowest BCUT2D eigenvalue weighted by atomic mass is 9.90. The van der Waals surface area contributed by atoms with Gasteiger partial charge in [0, 0.05) is 5.92 Å². The monoisotopic (exact) mass is 124 g/mol. The maximum atomic E-state index is 5.76. The summed E-state index contributed by atoms with van der Waals surface area (Å²) in [5, 5.41) is 0. The normalized spacial score (nSPS) is 50.7. The molecule has 1 nitrogen and oxygen atoms in total. The van der Waals surface area contributed by atoms with E-state index in [-0.39, 0.29) is 0 Å². The molecule has 1 heteroatoms. The largest absolute Gasteiger partial charge is 0.371 e. The minimum Gasteiger partial charge on any atom is -0.371 e. The predicted octanol–water partition coefficient (Wildman–Crippen LogP) is 1.72. The summed E-state index contributed by atoms with van der Waals surface area (Å²) in [7, 11) is 0. The van der Waals surface area contributed by atoms with E-state index in [4.69, 9.17) is 4.74 Å². The number of rotatable bonds is 0. The zero-order valence-corrected chi connectivity index (χ0v) is 5.60. The highest BCUT2D eigenvalue weighted by atomic mass is 16.5. The summed E-state index contributed by atoms with van der Waals surface area (Å²) in [5.41, 5.74) is 0.473. The molecule has 0 amide bonds. The molecule has 0 N–H and O–H groups in total. The van der Waals surface area contributed by atoms with Crippen LogP contribution in [0.4, 0.5) is 0 Å². The van der Waals surface area contributed by atoms with E-state index in [9.17, 15) is 0 Å². The van der Waals surface area contributed by atoms with Crippen molar-refractivity contribution in [3.63, 3.8) is 0 Å². The Morgan fingerprint density at radius 3 is 2.78 bits per heavy atom. The Hall–Kier alpha value is -0.0400. The Bertz CT molecular complexity index is 149. The molecule has 2 saturated carbocycles. The van der Waals surface area contributed by atoms with Crippen LogP contribution in [-0.4, -0.2) is 11.7 Å². The van der Waals surface area contributed by atoms with E-state index in [1.165, 1.54) is 32.1 Å². The molecule has 0 aromatic carbocycles. The minimum atomic E-state index is 0.473. The van der Waals surface area contributed by atoms with E-state index in [0.717, 1.165) is 5.92 Å². The highest BCUT2D eigenvalue weighted by molar-refractivity contribution is 5.13. The van der Waals surface area contributed by atoms with Crippen molar-refractivity contribution in [1.29, 1.82) is 0 Å². The molecule has 2 atom stereocenters. The molecule has 2 unspecified atom stereocenters. The van der Waals surface area contributed by atoms with Crippen molar-refractivity contribution in [3.8, 4) is 0 Å². The first-order valence-electron chi connectivity index (χ1n) is 4.09. The van der Waals surface area contributed by atoms with E-state index in [0.29, 0.717) is 11.7 Å². The quantitative estimate of drug-likeness (QED) is 0.477. The van der Waals surface area contributed by atoms with Crippen LogP contribution in [0.25, 0.3) is 0 Å². The highest BCUT2D eigenvalue weighted by Crippen LogP contribution is 2.61. The zero-order chi connectivity index (χ0) is 5.90. The Morgan fingerprint density at radius 2 is 2.11 bits per heavy atom. The molecule has 1 spiro atoms. The second kappa shape index (κ2) is 1.20. The van der Waals surface area contributed by atoms with Crippen LogP contribution in [0, 0.1) is 5.92 Å². The summed E-state index contributed by atoms with van der Waals surface area (Å²) in [6.45, 7) is 0. The molecule has 0 aromatic heterocycles. The average Bonchev–Trinajstić information content (AvgIpc) is 2.54. The van der Waals surface area contributed by atoms with Crippen LogP contribution < -0.4 is 0 Å². The van der Waals surface area contributed by atoms with Gasteiger partial charge in [0.25, 0.3) is 0 Å². The Labute approximate surface area is 55.4 Å². The van der Waals surface area contributed by atoms with Gasteiger partial charge in [-0.3, -0.25) is 0 Å². The van der Waals surface area contributed by atoms with E-state index < -0.39 is 0 Å². The van der Waals surface area contributed by atoms with E-state index in [1.807, 2.05) is 0 Å². The molecule has 0 radical (unpaired) electrons. The van der Waals surface area contributed by atoms with Gasteiger partial charge in [-0.05, 0) is 25.7 Å². The summed E-state index contributed by atoms with van der Waals surface area (Å²) < 4.78 is 5.76. The maximum absolute atomic E-state index is 5.76. The number of ether oxygens (including phenoxy) is 1. The summed E-state index contributed by atoms with van der Waals surface area (Å²) in [6, 6.07) is 0. The summed E-state index contributed by atoms with van der Waals surface area (Å²) in [5.74, 6) is 0.998. The molecule has 2 aliphatic carbocycles. The van der Waals surface area contributed by atoms with Gasteiger partial charge in [-0.2, -0.15) is 0 Å². The highest BCUT2D eigenvalue weighted by Gasteiger charge is 2.63. The van der Waals surface area contributed by atoms with Crippen LogP contribution >= 0.6 is 0 Å². The molecule has 0 aromatic rings. The van der Waals surface area contributed by atoms with E-state index in [2.05, 4.69) is 0 Å². The van der Waals surface area contributed by atoms with Crippen molar-refractivity contribution >= 4 is 0 Å². The van der Waals surface area contributed by atoms with Crippen LogP contribution in [-0.2, 0) is 4.74 Å². The van der Waals surface area contributed by atoms with E-state index in [1.54, 1.807) is 0 Å². The van der Waals surface area contributed by atoms with Crippen LogP contribution in [0.1, 0.15) is 32.1 Å². The van der Waals surface area contributed by atoms with Crippen molar-refractivity contribution < 1.29 is 4.74 Å². The second-order valence-corrected chi connectivity index (χ2v) is 3.76. The standard InChI is InChI=1S/C8H12O/c1-2-6-7(3-1)9-8(6)4-5-8/h6-7H,1-5H2. The van der Waals surface area contributed by atoms with Crippen molar-refractivity contribution in [2.24, 2.45) is 5.92 Å². The molecular formula is C8H12O. The zero-order valence-electron chi connectivity index (χ0n) is 5.60. The molecule has 3 aliphatic rings. The third-order valence-electron chi connectivity index (χ3n) is 3.26. The first-order valence-corrected chi connectivity index (χ1v) is 4.09. The van der Waals surface area contributed by atoms with Crippen LogP contribution in [0.15, 0.2) is 0 Å². The van der Waals surface area contributed by atoms with Gasteiger partial charge in [-0.15, -0.1) is 0 Å². The topological polar surface area (TPSA) is 9.23 Å². The lowest BCUT2D eigenvalue weighted by molar-refractivity contribution is -0.187. The molecule has 9 heavy (non-hydrogen) atoms. The van der Waals surface area contributed by atoms with Gasteiger partial charge >= 0.3 is 0 Å². The molecule has 1 saturated heterocycles. The number of fused-ring (bicyclic) bond motifs is 2. The fourth-order valence-corrected chi connectivity index (χ4v) is 2.60. The fourth-order valence-electron chi connectivity index (χ4n) is 2.60. The van der Waals surface area contributed by atoms with Crippen molar-refractivity contribution in [1.82, 2.24) is 0 Å². The average molecular weight is 124 g/mol. The SMILES string of the molecule is C1CC2OC3(CC3)C2C1. The van der Waals surface area contributed by atoms with Crippen LogP contribution in [0.5, 0.6) is 0 Å². The number of hydrogen-bond acceptors (Lipinski definition) is 1.